The molecule has 0 amide bonds. The van der Waals surface area contributed by atoms with Crippen LogP contribution in [0.25, 0.3) is 11.1 Å². The van der Waals surface area contributed by atoms with E-state index in [1.165, 1.54) is 11.8 Å². The van der Waals surface area contributed by atoms with Gasteiger partial charge in [-0.05, 0) is 32.9 Å². The molecule has 2 aromatic heterocycles. The molecule has 3 aromatic rings. The highest BCUT2D eigenvalue weighted by Crippen LogP contribution is 2.35. The zero-order chi connectivity index (χ0) is 13.4. The highest BCUT2D eigenvalue weighted by atomic mass is 32.2. The van der Waals surface area contributed by atoms with Crippen LogP contribution in [0.4, 0.5) is 0 Å². The van der Waals surface area contributed by atoms with Gasteiger partial charge in [0.25, 0.3) is 5.22 Å². The Morgan fingerprint density at radius 2 is 1.89 bits per heavy atom. The Hall–Kier alpha value is -1.75. The molecule has 0 saturated heterocycles. The Bertz CT molecular complexity index is 665. The first-order valence-electron chi connectivity index (χ1n) is 6.09. The first-order valence-corrected chi connectivity index (χ1v) is 6.97. The van der Waals surface area contributed by atoms with E-state index < -0.39 is 0 Å². The maximum absolute atomic E-state index is 5.74. The first-order chi connectivity index (χ1) is 9.13. The highest BCUT2D eigenvalue weighted by Gasteiger charge is 2.18. The number of fused-ring (bicyclic) bond motifs is 1. The minimum absolute atomic E-state index is 0.0600. The number of hydrogen-bond donors (Lipinski definition) is 0. The predicted octanol–water partition coefficient (Wildman–Crippen LogP) is 4.29. The number of para-hydroxylation sites is 2. The Morgan fingerprint density at radius 1 is 1.11 bits per heavy atom. The fourth-order valence-electron chi connectivity index (χ4n) is 1.76. The van der Waals surface area contributed by atoms with Crippen molar-refractivity contribution in [1.82, 2.24) is 9.97 Å². The van der Waals surface area contributed by atoms with Crippen molar-refractivity contribution in [3.63, 3.8) is 0 Å². The van der Waals surface area contributed by atoms with Crippen LogP contribution in [0, 0.1) is 13.8 Å². The van der Waals surface area contributed by atoms with E-state index in [-0.39, 0.29) is 5.25 Å². The van der Waals surface area contributed by atoms with Crippen LogP contribution < -0.4 is 0 Å². The lowest BCUT2D eigenvalue weighted by Crippen LogP contribution is -1.88. The quantitative estimate of drug-likeness (QED) is 0.667. The Morgan fingerprint density at radius 3 is 2.58 bits per heavy atom. The van der Waals surface area contributed by atoms with Gasteiger partial charge >= 0.3 is 0 Å². The molecule has 4 nitrogen and oxygen atoms in total. The van der Waals surface area contributed by atoms with E-state index in [9.17, 15) is 0 Å². The van der Waals surface area contributed by atoms with Gasteiger partial charge in [-0.2, -0.15) is 0 Å². The van der Waals surface area contributed by atoms with Crippen LogP contribution in [0.5, 0.6) is 0 Å². The Labute approximate surface area is 115 Å². The number of thioether (sulfide) groups is 1. The topological polar surface area (TPSA) is 52.1 Å². The van der Waals surface area contributed by atoms with Gasteiger partial charge in [0.05, 0.1) is 10.9 Å². The largest absolute Gasteiger partial charge is 0.439 e. The van der Waals surface area contributed by atoms with E-state index in [4.69, 9.17) is 8.83 Å². The van der Waals surface area contributed by atoms with Crippen molar-refractivity contribution >= 4 is 22.9 Å². The minimum Gasteiger partial charge on any atom is -0.439 e. The molecule has 0 N–H and O–H groups in total. The monoisotopic (exact) mass is 274 g/mol. The number of aromatic nitrogens is 2. The number of rotatable bonds is 3. The molecule has 3 rings (SSSR count). The molecule has 0 spiro atoms. The zero-order valence-corrected chi connectivity index (χ0v) is 11.8. The molecule has 2 heterocycles. The summed E-state index contributed by atoms with van der Waals surface area (Å²) < 4.78 is 11.3. The molecule has 0 aliphatic carbocycles. The molecular formula is C14H14N2O2S. The summed E-state index contributed by atoms with van der Waals surface area (Å²) in [6.45, 7) is 5.88. The van der Waals surface area contributed by atoms with Crippen LogP contribution in [-0.4, -0.2) is 9.97 Å². The molecule has 1 aromatic carbocycles. The summed E-state index contributed by atoms with van der Waals surface area (Å²) >= 11 is 1.51. The summed E-state index contributed by atoms with van der Waals surface area (Å²) in [6.07, 6.45) is 0. The van der Waals surface area contributed by atoms with Gasteiger partial charge in [0.2, 0.25) is 5.89 Å². The lowest BCUT2D eigenvalue weighted by atomic mass is 10.3. The Balaban J connectivity index is 1.85. The molecule has 5 heteroatoms. The average Bonchev–Trinajstić information content (AvgIpc) is 2.93. The van der Waals surface area contributed by atoms with Gasteiger partial charge in [0.1, 0.15) is 11.3 Å². The molecular weight excluding hydrogens is 260 g/mol. The fraction of sp³-hybridized carbons (Fsp3) is 0.286. The van der Waals surface area contributed by atoms with E-state index in [1.54, 1.807) is 0 Å². The summed E-state index contributed by atoms with van der Waals surface area (Å²) in [5, 5.41) is 0.717. The van der Waals surface area contributed by atoms with Crippen LogP contribution >= 0.6 is 11.8 Å². The number of hydrogen-bond acceptors (Lipinski definition) is 5. The third-order valence-electron chi connectivity index (χ3n) is 2.94. The second-order valence-electron chi connectivity index (χ2n) is 4.40. The van der Waals surface area contributed by atoms with E-state index in [2.05, 4.69) is 9.97 Å². The maximum Gasteiger partial charge on any atom is 0.256 e. The summed E-state index contributed by atoms with van der Waals surface area (Å²) in [5.41, 5.74) is 2.61. The molecule has 0 aliphatic rings. The van der Waals surface area contributed by atoms with Crippen LogP contribution in [0.15, 0.2) is 38.3 Å². The molecule has 0 fully saturated rings. The molecule has 0 bridgehead atoms. The standard InChI is InChI=1S/C14H14N2O2S/c1-8-9(2)17-14(15-8)19-10(3)13-16-11-6-4-5-7-12(11)18-13/h4-7,10H,1-3H3. The molecule has 1 unspecified atom stereocenters. The molecule has 0 saturated carbocycles. The van der Waals surface area contributed by atoms with Gasteiger partial charge < -0.3 is 8.83 Å². The van der Waals surface area contributed by atoms with Crippen molar-refractivity contribution in [3.05, 3.63) is 41.6 Å². The van der Waals surface area contributed by atoms with Crippen molar-refractivity contribution in [3.8, 4) is 0 Å². The number of aryl methyl sites for hydroxylation is 2. The number of nitrogens with zero attached hydrogens (tertiary/aromatic N) is 2. The predicted molar refractivity (Wildman–Crippen MR) is 74.3 cm³/mol. The van der Waals surface area contributed by atoms with Gasteiger partial charge in [-0.25, -0.2) is 9.97 Å². The van der Waals surface area contributed by atoms with Crippen molar-refractivity contribution in [2.24, 2.45) is 0 Å². The SMILES string of the molecule is Cc1nc(SC(C)c2nc3ccccc3o2)oc1C. The van der Waals surface area contributed by atoms with Crippen LogP contribution in [0.2, 0.25) is 0 Å². The van der Waals surface area contributed by atoms with E-state index in [1.807, 2.05) is 45.0 Å². The fourth-order valence-corrected chi connectivity index (χ4v) is 2.63. The molecule has 0 radical (unpaired) electrons. The summed E-state index contributed by atoms with van der Waals surface area (Å²) in [4.78, 5) is 8.84. The smallest absolute Gasteiger partial charge is 0.256 e. The molecule has 1 atom stereocenters. The van der Waals surface area contributed by atoms with Crippen LogP contribution in [-0.2, 0) is 0 Å². The van der Waals surface area contributed by atoms with E-state index in [0.29, 0.717) is 11.1 Å². The van der Waals surface area contributed by atoms with Gasteiger partial charge in [0, 0.05) is 0 Å². The second-order valence-corrected chi connectivity index (χ2v) is 5.69. The van der Waals surface area contributed by atoms with Crippen molar-refractivity contribution in [2.45, 2.75) is 31.2 Å². The Kier molecular flexibility index (Phi) is 3.06. The molecule has 0 aliphatic heterocycles. The van der Waals surface area contributed by atoms with E-state index in [0.717, 1.165) is 22.6 Å². The summed E-state index contributed by atoms with van der Waals surface area (Å²) in [5.74, 6) is 1.55. The van der Waals surface area contributed by atoms with Gasteiger partial charge in [0.15, 0.2) is 5.58 Å². The zero-order valence-electron chi connectivity index (χ0n) is 11.0. The van der Waals surface area contributed by atoms with Crippen LogP contribution in [0.3, 0.4) is 0 Å². The third-order valence-corrected chi connectivity index (χ3v) is 3.88. The van der Waals surface area contributed by atoms with Crippen LogP contribution in [0.1, 0.15) is 29.5 Å². The number of benzene rings is 1. The van der Waals surface area contributed by atoms with E-state index >= 15 is 0 Å². The highest BCUT2D eigenvalue weighted by molar-refractivity contribution is 7.99. The first kappa shape index (κ1) is 12.3. The van der Waals surface area contributed by atoms with Gasteiger partial charge in [-0.3, -0.25) is 0 Å². The maximum atomic E-state index is 5.74. The summed E-state index contributed by atoms with van der Waals surface area (Å²) in [7, 11) is 0. The number of oxazole rings is 2. The van der Waals surface area contributed by atoms with Crippen molar-refractivity contribution in [1.29, 1.82) is 0 Å². The lowest BCUT2D eigenvalue weighted by molar-refractivity contribution is 0.429. The second kappa shape index (κ2) is 4.74. The van der Waals surface area contributed by atoms with Gasteiger partial charge in [-0.1, -0.05) is 23.9 Å². The van der Waals surface area contributed by atoms with Crippen molar-refractivity contribution < 1.29 is 8.83 Å². The minimum atomic E-state index is 0.0600. The molecule has 98 valence electrons. The third kappa shape index (κ3) is 2.38. The van der Waals surface area contributed by atoms with Crippen molar-refractivity contribution in [2.75, 3.05) is 0 Å². The van der Waals surface area contributed by atoms with Gasteiger partial charge in [-0.15, -0.1) is 0 Å². The lowest BCUT2D eigenvalue weighted by Gasteiger charge is -2.02. The average molecular weight is 274 g/mol. The summed E-state index contributed by atoms with van der Waals surface area (Å²) in [6, 6.07) is 7.75. The normalized spacial score (nSPS) is 13.0. The molecule has 19 heavy (non-hydrogen) atoms.